The molecule has 98 valence electrons. The molecule has 0 spiro atoms. The summed E-state index contributed by atoms with van der Waals surface area (Å²) in [5.74, 6) is -3.33. The number of alkyl halides is 2. The molecular weight excluding hydrogens is 277 g/mol. The van der Waals surface area contributed by atoms with Gasteiger partial charge in [-0.05, 0) is 23.8 Å². The van der Waals surface area contributed by atoms with Crippen LogP contribution in [0.4, 0.5) is 13.2 Å². The molecule has 2 aromatic carbocycles. The molecular formula is C14H8ClF3O. The number of rotatable bonds is 2. The van der Waals surface area contributed by atoms with Gasteiger partial charge in [0.1, 0.15) is 17.3 Å². The summed E-state index contributed by atoms with van der Waals surface area (Å²) in [5.41, 5.74) is 0.417. The van der Waals surface area contributed by atoms with Gasteiger partial charge in [0.25, 0.3) is 5.92 Å². The van der Waals surface area contributed by atoms with Crippen molar-refractivity contribution in [2.75, 3.05) is 0 Å². The van der Waals surface area contributed by atoms with E-state index in [2.05, 4.69) is 0 Å². The summed E-state index contributed by atoms with van der Waals surface area (Å²) in [6, 6.07) is 8.28. The first-order chi connectivity index (χ1) is 8.95. The maximum Gasteiger partial charge on any atom is 0.281 e. The van der Waals surface area contributed by atoms with Crippen molar-refractivity contribution in [1.82, 2.24) is 0 Å². The number of halogens is 4. The first-order valence-corrected chi connectivity index (χ1v) is 5.98. The number of hydrogen-bond acceptors (Lipinski definition) is 1. The van der Waals surface area contributed by atoms with Gasteiger partial charge >= 0.3 is 0 Å². The molecule has 0 heterocycles. The molecule has 0 atom stereocenters. The molecule has 2 aromatic rings. The second-order valence-corrected chi connectivity index (χ2v) is 4.82. The van der Waals surface area contributed by atoms with Crippen molar-refractivity contribution in [1.29, 1.82) is 0 Å². The van der Waals surface area contributed by atoms with Crippen molar-refractivity contribution in [2.45, 2.75) is 12.3 Å². The van der Waals surface area contributed by atoms with Crippen LogP contribution in [0.5, 0.6) is 11.5 Å². The molecule has 0 radical (unpaired) electrons. The Kier molecular flexibility index (Phi) is 2.71. The van der Waals surface area contributed by atoms with Crippen LogP contribution in [0.3, 0.4) is 0 Å². The Bertz CT molecular complexity index is 635. The highest BCUT2D eigenvalue weighted by atomic mass is 35.5. The fourth-order valence-corrected chi connectivity index (χ4v) is 2.37. The van der Waals surface area contributed by atoms with E-state index in [-0.39, 0.29) is 28.5 Å². The van der Waals surface area contributed by atoms with Crippen molar-refractivity contribution in [3.8, 4) is 11.5 Å². The average molecular weight is 285 g/mol. The van der Waals surface area contributed by atoms with Gasteiger partial charge in [-0.1, -0.05) is 23.7 Å². The standard InChI is InChI=1S/C14H8ClF3O/c15-9-4-10(16)6-11(5-9)19-12-3-1-2-8-7-14(17,18)13(8)12/h1-6H,7H2. The third-order valence-corrected chi connectivity index (χ3v) is 3.17. The molecule has 0 bridgehead atoms. The summed E-state index contributed by atoms with van der Waals surface area (Å²) in [6.45, 7) is 0. The van der Waals surface area contributed by atoms with E-state index in [1.165, 1.54) is 12.1 Å². The molecule has 0 aliphatic heterocycles. The van der Waals surface area contributed by atoms with Crippen LogP contribution in [0, 0.1) is 5.82 Å². The second kappa shape index (κ2) is 4.17. The van der Waals surface area contributed by atoms with E-state index in [4.69, 9.17) is 16.3 Å². The van der Waals surface area contributed by atoms with Gasteiger partial charge in [0.15, 0.2) is 0 Å². The van der Waals surface area contributed by atoms with E-state index < -0.39 is 11.7 Å². The second-order valence-electron chi connectivity index (χ2n) is 4.38. The quantitative estimate of drug-likeness (QED) is 0.760. The Hall–Kier alpha value is -1.68. The lowest BCUT2D eigenvalue weighted by Gasteiger charge is -2.31. The Morgan fingerprint density at radius 1 is 1.16 bits per heavy atom. The van der Waals surface area contributed by atoms with Crippen molar-refractivity contribution in [2.24, 2.45) is 0 Å². The summed E-state index contributed by atoms with van der Waals surface area (Å²) < 4.78 is 45.4. The lowest BCUT2D eigenvalue weighted by atomic mass is 9.84. The van der Waals surface area contributed by atoms with Gasteiger partial charge in [0.2, 0.25) is 0 Å². The number of fused-ring (bicyclic) bond motifs is 1. The van der Waals surface area contributed by atoms with Crippen LogP contribution in [0.25, 0.3) is 0 Å². The van der Waals surface area contributed by atoms with E-state index in [1.54, 1.807) is 12.1 Å². The zero-order chi connectivity index (χ0) is 13.6. The Balaban J connectivity index is 1.99. The first-order valence-electron chi connectivity index (χ1n) is 5.60. The zero-order valence-electron chi connectivity index (χ0n) is 9.59. The Morgan fingerprint density at radius 2 is 1.95 bits per heavy atom. The molecule has 0 N–H and O–H groups in total. The van der Waals surface area contributed by atoms with Gasteiger partial charge in [0, 0.05) is 17.5 Å². The molecule has 1 aliphatic rings. The molecule has 1 nitrogen and oxygen atoms in total. The summed E-state index contributed by atoms with van der Waals surface area (Å²) >= 11 is 5.69. The van der Waals surface area contributed by atoms with Crippen LogP contribution in [0.2, 0.25) is 5.02 Å². The largest absolute Gasteiger partial charge is 0.457 e. The maximum absolute atomic E-state index is 13.5. The van der Waals surface area contributed by atoms with E-state index >= 15 is 0 Å². The smallest absolute Gasteiger partial charge is 0.281 e. The number of ether oxygens (including phenoxy) is 1. The Labute approximate surface area is 112 Å². The zero-order valence-corrected chi connectivity index (χ0v) is 10.3. The molecule has 0 fully saturated rings. The van der Waals surface area contributed by atoms with Crippen molar-refractivity contribution < 1.29 is 17.9 Å². The SMILES string of the molecule is Fc1cc(Cl)cc(Oc2cccc3c2C(F)(F)C3)c1. The summed E-state index contributed by atoms with van der Waals surface area (Å²) in [6.07, 6.45) is -0.288. The first kappa shape index (κ1) is 12.4. The Morgan fingerprint density at radius 3 is 2.63 bits per heavy atom. The molecule has 0 saturated carbocycles. The van der Waals surface area contributed by atoms with Gasteiger partial charge in [-0.25, -0.2) is 13.2 Å². The van der Waals surface area contributed by atoms with Crippen LogP contribution < -0.4 is 4.74 Å². The van der Waals surface area contributed by atoms with Crippen LogP contribution >= 0.6 is 11.6 Å². The highest BCUT2D eigenvalue weighted by molar-refractivity contribution is 6.30. The molecule has 0 saturated heterocycles. The molecule has 3 rings (SSSR count). The topological polar surface area (TPSA) is 9.23 Å². The van der Waals surface area contributed by atoms with Crippen molar-refractivity contribution in [3.63, 3.8) is 0 Å². The summed E-state index contributed by atoms with van der Waals surface area (Å²) in [4.78, 5) is 0. The highest BCUT2D eigenvalue weighted by Gasteiger charge is 2.46. The third kappa shape index (κ3) is 2.16. The minimum Gasteiger partial charge on any atom is -0.457 e. The van der Waals surface area contributed by atoms with Gasteiger partial charge < -0.3 is 4.74 Å². The lowest BCUT2D eigenvalue weighted by molar-refractivity contribution is -0.0307. The predicted molar refractivity (Wildman–Crippen MR) is 65.5 cm³/mol. The van der Waals surface area contributed by atoms with Crippen molar-refractivity contribution >= 4 is 11.6 Å². The maximum atomic E-state index is 13.5. The fourth-order valence-electron chi connectivity index (χ4n) is 2.16. The van der Waals surface area contributed by atoms with Gasteiger partial charge in [-0.2, -0.15) is 0 Å². The van der Waals surface area contributed by atoms with E-state index in [0.29, 0.717) is 5.56 Å². The van der Waals surface area contributed by atoms with E-state index in [0.717, 1.165) is 12.1 Å². The van der Waals surface area contributed by atoms with Gasteiger partial charge in [-0.3, -0.25) is 0 Å². The minimum atomic E-state index is -2.89. The molecule has 5 heteroatoms. The van der Waals surface area contributed by atoms with Gasteiger partial charge in [-0.15, -0.1) is 0 Å². The van der Waals surface area contributed by atoms with Gasteiger partial charge in [0.05, 0.1) is 5.56 Å². The average Bonchev–Trinajstić information content (AvgIpc) is 2.25. The van der Waals surface area contributed by atoms with Crippen LogP contribution in [-0.2, 0) is 12.3 Å². The normalized spacial score (nSPS) is 15.6. The van der Waals surface area contributed by atoms with E-state index in [9.17, 15) is 13.2 Å². The number of benzene rings is 2. The predicted octanol–water partition coefficient (Wildman–Crippen LogP) is 4.92. The monoisotopic (exact) mass is 284 g/mol. The molecule has 19 heavy (non-hydrogen) atoms. The van der Waals surface area contributed by atoms with E-state index in [1.807, 2.05) is 0 Å². The third-order valence-electron chi connectivity index (χ3n) is 2.95. The van der Waals surface area contributed by atoms with Crippen LogP contribution in [0.15, 0.2) is 36.4 Å². The van der Waals surface area contributed by atoms with Crippen molar-refractivity contribution in [3.05, 3.63) is 58.4 Å². The summed E-state index contributed by atoms with van der Waals surface area (Å²) in [5, 5.41) is 0.150. The highest BCUT2D eigenvalue weighted by Crippen LogP contribution is 2.49. The minimum absolute atomic E-state index is 0.0374. The molecule has 1 aliphatic carbocycles. The molecule has 0 aromatic heterocycles. The van der Waals surface area contributed by atoms with Crippen LogP contribution in [0.1, 0.15) is 11.1 Å². The molecule has 0 unspecified atom stereocenters. The lowest BCUT2D eigenvalue weighted by Crippen LogP contribution is -2.30. The molecule has 0 amide bonds. The number of hydrogen-bond donors (Lipinski definition) is 0. The fraction of sp³-hybridized carbons (Fsp3) is 0.143. The summed E-state index contributed by atoms with van der Waals surface area (Å²) in [7, 11) is 0. The van der Waals surface area contributed by atoms with Crippen LogP contribution in [-0.4, -0.2) is 0 Å².